The van der Waals surface area contributed by atoms with E-state index in [9.17, 15) is 4.79 Å². The number of ether oxygens (including phenoxy) is 1. The fraction of sp³-hybridized carbons (Fsp3) is 0.0455. The summed E-state index contributed by atoms with van der Waals surface area (Å²) in [7, 11) is 1.64. The molecule has 4 rings (SSSR count). The maximum atomic E-state index is 12.5. The van der Waals surface area contributed by atoms with Crippen molar-refractivity contribution in [3.63, 3.8) is 0 Å². The summed E-state index contributed by atoms with van der Waals surface area (Å²) in [5, 5.41) is 1.45. The summed E-state index contributed by atoms with van der Waals surface area (Å²) < 4.78 is 11.0. The lowest BCUT2D eigenvalue weighted by molar-refractivity contribution is 0.415. The standard InChI is InChI=1S/C22H16O3/c1-24-17-13-11-15(12-14-17)20-18-9-5-6-10-19(18)22(23)25-21(20)16-7-3-2-4-8-16/h2-14H,1H3. The van der Waals surface area contributed by atoms with Gasteiger partial charge in [-0.2, -0.15) is 0 Å². The summed E-state index contributed by atoms with van der Waals surface area (Å²) in [5.74, 6) is 1.36. The molecule has 3 aromatic carbocycles. The highest BCUT2D eigenvalue weighted by Crippen LogP contribution is 2.37. The second-order valence-corrected chi connectivity index (χ2v) is 5.73. The van der Waals surface area contributed by atoms with E-state index in [1.165, 1.54) is 0 Å². The van der Waals surface area contributed by atoms with E-state index < -0.39 is 0 Å². The molecule has 1 heterocycles. The predicted octanol–water partition coefficient (Wildman–Crippen LogP) is 5.14. The molecule has 0 aliphatic rings. The van der Waals surface area contributed by atoms with Crippen LogP contribution in [0.25, 0.3) is 33.2 Å². The fourth-order valence-corrected chi connectivity index (χ4v) is 3.04. The van der Waals surface area contributed by atoms with E-state index in [1.54, 1.807) is 13.2 Å². The normalized spacial score (nSPS) is 10.8. The summed E-state index contributed by atoms with van der Waals surface area (Å²) in [6, 6.07) is 25.0. The molecule has 0 atom stereocenters. The summed E-state index contributed by atoms with van der Waals surface area (Å²) in [4.78, 5) is 12.5. The van der Waals surface area contributed by atoms with Crippen molar-refractivity contribution in [3.8, 4) is 28.2 Å². The molecule has 4 aromatic rings. The minimum absolute atomic E-state index is 0.327. The maximum Gasteiger partial charge on any atom is 0.344 e. The molecular formula is C22H16O3. The maximum absolute atomic E-state index is 12.5. The van der Waals surface area contributed by atoms with Gasteiger partial charge in [-0.3, -0.25) is 0 Å². The van der Waals surface area contributed by atoms with Gasteiger partial charge in [0.2, 0.25) is 0 Å². The SMILES string of the molecule is COc1ccc(-c2c(-c3ccccc3)oc(=O)c3ccccc23)cc1. The van der Waals surface area contributed by atoms with Gasteiger partial charge in [0.25, 0.3) is 0 Å². The van der Waals surface area contributed by atoms with Crippen LogP contribution in [-0.4, -0.2) is 7.11 Å². The lowest BCUT2D eigenvalue weighted by atomic mass is 9.95. The molecule has 0 fully saturated rings. The van der Waals surface area contributed by atoms with Crippen LogP contribution >= 0.6 is 0 Å². The first kappa shape index (κ1) is 15.2. The number of fused-ring (bicyclic) bond motifs is 1. The Balaban J connectivity index is 2.08. The third-order valence-electron chi connectivity index (χ3n) is 4.25. The largest absolute Gasteiger partial charge is 0.497 e. The van der Waals surface area contributed by atoms with Gasteiger partial charge in [-0.1, -0.05) is 60.7 Å². The quantitative estimate of drug-likeness (QED) is 0.523. The van der Waals surface area contributed by atoms with Gasteiger partial charge in [0.15, 0.2) is 0 Å². The molecule has 0 saturated carbocycles. The first-order valence-electron chi connectivity index (χ1n) is 8.03. The van der Waals surface area contributed by atoms with Crippen LogP contribution in [0.4, 0.5) is 0 Å². The number of methoxy groups -OCH3 is 1. The van der Waals surface area contributed by atoms with Crippen molar-refractivity contribution in [2.24, 2.45) is 0 Å². The van der Waals surface area contributed by atoms with E-state index in [4.69, 9.17) is 9.15 Å². The van der Waals surface area contributed by atoms with Crippen molar-refractivity contribution in [3.05, 3.63) is 89.3 Å². The first-order chi connectivity index (χ1) is 12.3. The van der Waals surface area contributed by atoms with Gasteiger partial charge in [-0.15, -0.1) is 0 Å². The Morgan fingerprint density at radius 1 is 0.720 bits per heavy atom. The average Bonchev–Trinajstić information content (AvgIpc) is 2.69. The van der Waals surface area contributed by atoms with Gasteiger partial charge < -0.3 is 9.15 Å². The molecule has 0 amide bonds. The van der Waals surface area contributed by atoms with Crippen LogP contribution < -0.4 is 10.4 Å². The van der Waals surface area contributed by atoms with E-state index in [2.05, 4.69) is 0 Å². The van der Waals surface area contributed by atoms with Crippen molar-refractivity contribution >= 4 is 10.8 Å². The molecule has 0 radical (unpaired) electrons. The molecule has 122 valence electrons. The lowest BCUT2D eigenvalue weighted by Gasteiger charge is -2.12. The third kappa shape index (κ3) is 2.70. The van der Waals surface area contributed by atoms with Gasteiger partial charge in [-0.25, -0.2) is 4.79 Å². The second-order valence-electron chi connectivity index (χ2n) is 5.73. The molecule has 0 spiro atoms. The van der Waals surface area contributed by atoms with Gasteiger partial charge in [0, 0.05) is 16.5 Å². The Kier molecular flexibility index (Phi) is 3.82. The summed E-state index contributed by atoms with van der Waals surface area (Å²) in [6.07, 6.45) is 0. The Morgan fingerprint density at radius 2 is 1.36 bits per heavy atom. The average molecular weight is 328 g/mol. The van der Waals surface area contributed by atoms with Crippen LogP contribution in [0.3, 0.4) is 0 Å². The van der Waals surface area contributed by atoms with E-state index >= 15 is 0 Å². The van der Waals surface area contributed by atoms with Gasteiger partial charge in [0.05, 0.1) is 12.5 Å². The zero-order valence-corrected chi connectivity index (χ0v) is 13.7. The zero-order valence-electron chi connectivity index (χ0n) is 13.7. The Morgan fingerprint density at radius 3 is 2.04 bits per heavy atom. The van der Waals surface area contributed by atoms with E-state index in [0.29, 0.717) is 11.1 Å². The van der Waals surface area contributed by atoms with Gasteiger partial charge >= 0.3 is 5.63 Å². The van der Waals surface area contributed by atoms with Crippen LogP contribution in [0, 0.1) is 0 Å². The molecule has 3 heteroatoms. The molecule has 3 nitrogen and oxygen atoms in total. The predicted molar refractivity (Wildman–Crippen MR) is 99.9 cm³/mol. The second kappa shape index (κ2) is 6.29. The molecule has 0 aliphatic carbocycles. The molecule has 0 unspecified atom stereocenters. The third-order valence-corrected chi connectivity index (χ3v) is 4.25. The van der Waals surface area contributed by atoms with Crippen molar-refractivity contribution < 1.29 is 9.15 Å². The van der Waals surface area contributed by atoms with Crippen molar-refractivity contribution in [2.75, 3.05) is 7.11 Å². The van der Waals surface area contributed by atoms with Crippen LogP contribution in [0.1, 0.15) is 0 Å². The summed E-state index contributed by atoms with van der Waals surface area (Å²) in [5.41, 5.74) is 2.42. The lowest BCUT2D eigenvalue weighted by Crippen LogP contribution is -2.02. The fourth-order valence-electron chi connectivity index (χ4n) is 3.04. The van der Waals surface area contributed by atoms with Crippen molar-refractivity contribution in [1.29, 1.82) is 0 Å². The van der Waals surface area contributed by atoms with Crippen molar-refractivity contribution in [1.82, 2.24) is 0 Å². The highest BCUT2D eigenvalue weighted by atomic mass is 16.5. The van der Waals surface area contributed by atoms with Crippen molar-refractivity contribution in [2.45, 2.75) is 0 Å². The Labute approximate surface area is 145 Å². The first-order valence-corrected chi connectivity index (χ1v) is 8.03. The topological polar surface area (TPSA) is 39.4 Å². The molecule has 25 heavy (non-hydrogen) atoms. The van der Waals surface area contributed by atoms with Crippen LogP contribution in [-0.2, 0) is 0 Å². The minimum Gasteiger partial charge on any atom is -0.497 e. The number of rotatable bonds is 3. The summed E-state index contributed by atoms with van der Waals surface area (Å²) >= 11 is 0. The molecule has 1 aromatic heterocycles. The van der Waals surface area contributed by atoms with E-state index in [1.807, 2.05) is 72.8 Å². The molecule has 0 N–H and O–H groups in total. The van der Waals surface area contributed by atoms with E-state index in [0.717, 1.165) is 27.8 Å². The number of benzene rings is 3. The molecular weight excluding hydrogens is 312 g/mol. The molecule has 0 aliphatic heterocycles. The van der Waals surface area contributed by atoms with Crippen LogP contribution in [0.15, 0.2) is 88.1 Å². The zero-order chi connectivity index (χ0) is 17.2. The highest BCUT2D eigenvalue weighted by molar-refractivity contribution is 6.01. The highest BCUT2D eigenvalue weighted by Gasteiger charge is 2.16. The number of hydrogen-bond donors (Lipinski definition) is 0. The van der Waals surface area contributed by atoms with E-state index in [-0.39, 0.29) is 5.63 Å². The van der Waals surface area contributed by atoms with Crippen LogP contribution in [0.2, 0.25) is 0 Å². The van der Waals surface area contributed by atoms with Gasteiger partial charge in [0.1, 0.15) is 11.5 Å². The monoisotopic (exact) mass is 328 g/mol. The van der Waals surface area contributed by atoms with Crippen LogP contribution in [0.5, 0.6) is 5.75 Å². The van der Waals surface area contributed by atoms with Gasteiger partial charge in [-0.05, 0) is 23.8 Å². The minimum atomic E-state index is -0.327. The number of hydrogen-bond acceptors (Lipinski definition) is 3. The Bertz CT molecular complexity index is 1080. The molecule has 0 saturated heterocycles. The molecule has 0 bridgehead atoms. The summed E-state index contributed by atoms with van der Waals surface area (Å²) in [6.45, 7) is 0. The smallest absolute Gasteiger partial charge is 0.344 e. The Hall–Kier alpha value is -3.33.